The van der Waals surface area contributed by atoms with Gasteiger partial charge in [0.15, 0.2) is 0 Å². The van der Waals surface area contributed by atoms with Crippen LogP contribution in [0.4, 0.5) is 11.4 Å². The van der Waals surface area contributed by atoms with E-state index in [4.69, 9.17) is 4.74 Å². The van der Waals surface area contributed by atoms with Crippen molar-refractivity contribution in [2.75, 3.05) is 10.6 Å². The number of hydrogen-bond acceptors (Lipinski definition) is 3. The third kappa shape index (κ3) is 4.70. The molecule has 0 bridgehead atoms. The van der Waals surface area contributed by atoms with Crippen LogP contribution >= 0.6 is 0 Å². The fraction of sp³-hybridized carbons (Fsp3) is 0.0476. The molecule has 3 aromatic carbocycles. The summed E-state index contributed by atoms with van der Waals surface area (Å²) in [5, 5.41) is 5.49. The number of ether oxygens (including phenoxy) is 1. The van der Waals surface area contributed by atoms with Gasteiger partial charge in [0.2, 0.25) is 5.91 Å². The minimum atomic E-state index is -0.226. The average Bonchev–Trinajstić information content (AvgIpc) is 2.64. The molecule has 0 radical (unpaired) electrons. The van der Waals surface area contributed by atoms with Crippen molar-refractivity contribution in [3.05, 3.63) is 84.4 Å². The molecule has 26 heavy (non-hydrogen) atoms. The van der Waals surface area contributed by atoms with E-state index in [0.29, 0.717) is 22.7 Å². The fourth-order valence-electron chi connectivity index (χ4n) is 2.34. The van der Waals surface area contributed by atoms with E-state index >= 15 is 0 Å². The van der Waals surface area contributed by atoms with Crippen LogP contribution in [-0.4, -0.2) is 11.8 Å². The average molecular weight is 346 g/mol. The molecule has 0 aliphatic carbocycles. The molecule has 0 spiro atoms. The van der Waals surface area contributed by atoms with Gasteiger partial charge in [-0.1, -0.05) is 18.2 Å². The van der Waals surface area contributed by atoms with Gasteiger partial charge in [-0.3, -0.25) is 9.59 Å². The Morgan fingerprint density at radius 3 is 1.85 bits per heavy atom. The number of carbonyl (C=O) groups excluding carboxylic acids is 2. The van der Waals surface area contributed by atoms with E-state index in [1.54, 1.807) is 48.5 Å². The summed E-state index contributed by atoms with van der Waals surface area (Å²) in [7, 11) is 0. The summed E-state index contributed by atoms with van der Waals surface area (Å²) in [5.74, 6) is 1.06. The molecule has 0 heterocycles. The zero-order valence-corrected chi connectivity index (χ0v) is 14.2. The van der Waals surface area contributed by atoms with Gasteiger partial charge in [0.05, 0.1) is 0 Å². The lowest BCUT2D eigenvalue weighted by atomic mass is 10.2. The lowest BCUT2D eigenvalue weighted by molar-refractivity contribution is -0.114. The van der Waals surface area contributed by atoms with Crippen LogP contribution in [-0.2, 0) is 4.79 Å². The van der Waals surface area contributed by atoms with E-state index in [-0.39, 0.29) is 11.8 Å². The van der Waals surface area contributed by atoms with E-state index in [1.807, 2.05) is 30.3 Å². The maximum atomic E-state index is 12.3. The summed E-state index contributed by atoms with van der Waals surface area (Å²) in [4.78, 5) is 23.3. The maximum absolute atomic E-state index is 12.3. The molecule has 0 aliphatic rings. The zero-order valence-electron chi connectivity index (χ0n) is 14.2. The number of carbonyl (C=O) groups is 2. The summed E-state index contributed by atoms with van der Waals surface area (Å²) >= 11 is 0. The van der Waals surface area contributed by atoms with Crippen LogP contribution in [0, 0.1) is 0 Å². The van der Waals surface area contributed by atoms with Crippen LogP contribution < -0.4 is 15.4 Å². The largest absolute Gasteiger partial charge is 0.457 e. The molecule has 3 aromatic rings. The van der Waals surface area contributed by atoms with Crippen molar-refractivity contribution >= 4 is 23.2 Å². The summed E-state index contributed by atoms with van der Waals surface area (Å²) in [6.45, 7) is 1.44. The van der Waals surface area contributed by atoms with Crippen LogP contribution in [0.1, 0.15) is 17.3 Å². The van der Waals surface area contributed by atoms with Gasteiger partial charge < -0.3 is 15.4 Å². The molecule has 0 saturated carbocycles. The first kappa shape index (κ1) is 17.2. The first-order chi connectivity index (χ1) is 12.6. The normalized spacial score (nSPS) is 10.0. The topological polar surface area (TPSA) is 67.4 Å². The number of nitrogens with one attached hydrogen (secondary N) is 2. The number of para-hydroxylation sites is 1. The minimum Gasteiger partial charge on any atom is -0.457 e. The molecule has 5 nitrogen and oxygen atoms in total. The smallest absolute Gasteiger partial charge is 0.255 e. The van der Waals surface area contributed by atoms with E-state index in [9.17, 15) is 9.59 Å². The first-order valence-electron chi connectivity index (χ1n) is 8.12. The molecular weight excluding hydrogens is 328 g/mol. The molecule has 130 valence electrons. The second-order valence-electron chi connectivity index (χ2n) is 5.65. The minimum absolute atomic E-state index is 0.153. The fourth-order valence-corrected chi connectivity index (χ4v) is 2.34. The monoisotopic (exact) mass is 346 g/mol. The SMILES string of the molecule is CC(=O)Nc1ccc(C(=O)Nc2ccc(Oc3ccccc3)cc2)cc1. The Hall–Kier alpha value is -3.60. The molecule has 2 N–H and O–H groups in total. The highest BCUT2D eigenvalue weighted by molar-refractivity contribution is 6.04. The van der Waals surface area contributed by atoms with Gasteiger partial charge in [0, 0.05) is 23.9 Å². The lowest BCUT2D eigenvalue weighted by Gasteiger charge is -2.09. The molecule has 0 unspecified atom stereocenters. The highest BCUT2D eigenvalue weighted by atomic mass is 16.5. The number of hydrogen-bond donors (Lipinski definition) is 2. The second-order valence-corrected chi connectivity index (χ2v) is 5.65. The third-order valence-corrected chi connectivity index (χ3v) is 3.56. The molecular formula is C21H18N2O3. The number of amides is 2. The Morgan fingerprint density at radius 2 is 1.23 bits per heavy atom. The highest BCUT2D eigenvalue weighted by Crippen LogP contribution is 2.23. The standard InChI is InChI=1S/C21H18N2O3/c1-15(24)22-17-9-7-16(8-10-17)21(25)23-18-11-13-20(14-12-18)26-19-5-3-2-4-6-19/h2-14H,1H3,(H,22,24)(H,23,25). The molecule has 0 atom stereocenters. The second kappa shape index (κ2) is 7.98. The van der Waals surface area contributed by atoms with E-state index in [0.717, 1.165) is 5.75 Å². The van der Waals surface area contributed by atoms with Crippen molar-refractivity contribution in [3.8, 4) is 11.5 Å². The van der Waals surface area contributed by atoms with E-state index in [2.05, 4.69) is 10.6 Å². The molecule has 2 amide bonds. The van der Waals surface area contributed by atoms with Crippen molar-refractivity contribution in [1.82, 2.24) is 0 Å². The van der Waals surface area contributed by atoms with Gasteiger partial charge in [-0.25, -0.2) is 0 Å². The number of anilines is 2. The van der Waals surface area contributed by atoms with Crippen LogP contribution in [0.2, 0.25) is 0 Å². The summed E-state index contributed by atoms with van der Waals surface area (Å²) in [6, 6.07) is 23.3. The van der Waals surface area contributed by atoms with Crippen molar-refractivity contribution < 1.29 is 14.3 Å². The van der Waals surface area contributed by atoms with Crippen LogP contribution in [0.15, 0.2) is 78.9 Å². The quantitative estimate of drug-likeness (QED) is 0.704. The van der Waals surface area contributed by atoms with Gasteiger partial charge in [-0.05, 0) is 60.7 Å². The Labute approximate surface area is 151 Å². The molecule has 0 aliphatic heterocycles. The van der Waals surface area contributed by atoms with E-state index in [1.165, 1.54) is 6.92 Å². The number of rotatable bonds is 5. The Balaban J connectivity index is 1.61. The van der Waals surface area contributed by atoms with Crippen LogP contribution in [0.25, 0.3) is 0 Å². The first-order valence-corrected chi connectivity index (χ1v) is 8.12. The summed E-state index contributed by atoms with van der Waals surface area (Å²) < 4.78 is 5.72. The Kier molecular flexibility index (Phi) is 5.29. The zero-order chi connectivity index (χ0) is 18.4. The third-order valence-electron chi connectivity index (χ3n) is 3.56. The Bertz CT molecular complexity index is 889. The van der Waals surface area contributed by atoms with Gasteiger partial charge in [0.1, 0.15) is 11.5 Å². The molecule has 3 rings (SSSR count). The number of benzene rings is 3. The Morgan fingerprint density at radius 1 is 0.692 bits per heavy atom. The summed E-state index contributed by atoms with van der Waals surface area (Å²) in [5.41, 5.74) is 1.82. The molecule has 0 aromatic heterocycles. The van der Waals surface area contributed by atoms with E-state index < -0.39 is 0 Å². The van der Waals surface area contributed by atoms with Crippen molar-refractivity contribution in [3.63, 3.8) is 0 Å². The summed E-state index contributed by atoms with van der Waals surface area (Å²) in [6.07, 6.45) is 0. The van der Waals surface area contributed by atoms with Gasteiger partial charge in [-0.2, -0.15) is 0 Å². The van der Waals surface area contributed by atoms with Crippen LogP contribution in [0.3, 0.4) is 0 Å². The van der Waals surface area contributed by atoms with Crippen molar-refractivity contribution in [1.29, 1.82) is 0 Å². The molecule has 0 saturated heterocycles. The van der Waals surface area contributed by atoms with Gasteiger partial charge >= 0.3 is 0 Å². The predicted octanol–water partition coefficient (Wildman–Crippen LogP) is 4.69. The molecule has 5 heteroatoms. The van der Waals surface area contributed by atoms with Crippen LogP contribution in [0.5, 0.6) is 11.5 Å². The predicted molar refractivity (Wildman–Crippen MR) is 102 cm³/mol. The maximum Gasteiger partial charge on any atom is 0.255 e. The van der Waals surface area contributed by atoms with Gasteiger partial charge in [-0.15, -0.1) is 0 Å². The van der Waals surface area contributed by atoms with Crippen molar-refractivity contribution in [2.24, 2.45) is 0 Å². The lowest BCUT2D eigenvalue weighted by Crippen LogP contribution is -2.12. The van der Waals surface area contributed by atoms with Crippen molar-refractivity contribution in [2.45, 2.75) is 6.92 Å². The molecule has 0 fully saturated rings. The highest BCUT2D eigenvalue weighted by Gasteiger charge is 2.07. The van der Waals surface area contributed by atoms with Gasteiger partial charge in [0.25, 0.3) is 5.91 Å².